The van der Waals surface area contributed by atoms with Gasteiger partial charge in [-0.2, -0.15) is 5.10 Å². The molecule has 2 aromatic rings. The molecule has 0 spiro atoms. The van der Waals surface area contributed by atoms with E-state index in [0.717, 1.165) is 16.9 Å². The molecule has 0 saturated carbocycles. The molecule has 2 N–H and O–H groups in total. The maximum Gasteiger partial charge on any atom is 0.510 e. The fraction of sp³-hybridized carbons (Fsp3) is 0.250. The molecule has 0 fully saturated rings. The number of hydrogen-bond acceptors (Lipinski definition) is 4. The quantitative estimate of drug-likeness (QED) is 0.741. The van der Waals surface area contributed by atoms with Crippen LogP contribution in [0, 0.1) is 6.92 Å². The van der Waals surface area contributed by atoms with Gasteiger partial charge in [0, 0.05) is 6.20 Å². The van der Waals surface area contributed by atoms with Crippen molar-refractivity contribution in [1.29, 1.82) is 0 Å². The van der Waals surface area contributed by atoms with Crippen LogP contribution < -0.4 is 10.3 Å². The summed E-state index contributed by atoms with van der Waals surface area (Å²) in [5.74, 6) is 0.807. The standard InChI is InChI=1S/C12H15BN2O3/c1-9-7-15(14-12(9)13(16)17)8-10-3-5-11(18-2)6-4-10/h3-7,16-17H,8H2,1-2H3. The zero-order chi connectivity index (χ0) is 13.1. The normalized spacial score (nSPS) is 10.4. The maximum absolute atomic E-state index is 9.12. The van der Waals surface area contributed by atoms with Crippen LogP contribution in [-0.2, 0) is 6.54 Å². The molecule has 0 aliphatic heterocycles. The Labute approximate surface area is 106 Å². The molecule has 0 unspecified atom stereocenters. The molecule has 2 rings (SSSR count). The number of aryl methyl sites for hydroxylation is 1. The van der Waals surface area contributed by atoms with Gasteiger partial charge < -0.3 is 14.8 Å². The highest BCUT2D eigenvalue weighted by Crippen LogP contribution is 2.12. The molecule has 18 heavy (non-hydrogen) atoms. The monoisotopic (exact) mass is 246 g/mol. The van der Waals surface area contributed by atoms with Gasteiger partial charge in [0.15, 0.2) is 0 Å². The van der Waals surface area contributed by atoms with Gasteiger partial charge in [-0.25, -0.2) is 0 Å². The van der Waals surface area contributed by atoms with Crippen molar-refractivity contribution in [3.05, 3.63) is 41.6 Å². The Hall–Kier alpha value is -1.79. The van der Waals surface area contributed by atoms with Crippen molar-refractivity contribution in [3.8, 4) is 5.75 Å². The molecule has 0 bridgehead atoms. The summed E-state index contributed by atoms with van der Waals surface area (Å²) < 4.78 is 6.77. The second kappa shape index (κ2) is 5.24. The van der Waals surface area contributed by atoms with Crippen LogP contribution >= 0.6 is 0 Å². The highest BCUT2D eigenvalue weighted by molar-refractivity contribution is 6.58. The van der Waals surface area contributed by atoms with Gasteiger partial charge in [-0.15, -0.1) is 0 Å². The highest BCUT2D eigenvalue weighted by Gasteiger charge is 2.18. The largest absolute Gasteiger partial charge is 0.510 e. The molecule has 94 valence electrons. The molecule has 0 radical (unpaired) electrons. The third-order valence-corrected chi connectivity index (χ3v) is 2.73. The fourth-order valence-electron chi connectivity index (χ4n) is 1.79. The van der Waals surface area contributed by atoms with E-state index in [1.807, 2.05) is 24.3 Å². The summed E-state index contributed by atoms with van der Waals surface area (Å²) in [6, 6.07) is 7.66. The summed E-state index contributed by atoms with van der Waals surface area (Å²) in [5, 5.41) is 22.4. The number of benzene rings is 1. The van der Waals surface area contributed by atoms with Crippen molar-refractivity contribution in [1.82, 2.24) is 9.78 Å². The molecule has 1 heterocycles. The average Bonchev–Trinajstić information content (AvgIpc) is 2.71. The van der Waals surface area contributed by atoms with E-state index in [9.17, 15) is 0 Å². The summed E-state index contributed by atoms with van der Waals surface area (Å²) in [7, 11) is 0.1000. The number of rotatable bonds is 4. The smallest absolute Gasteiger partial charge is 0.497 e. The SMILES string of the molecule is COc1ccc(Cn2cc(C)c(B(O)O)n2)cc1. The van der Waals surface area contributed by atoms with Crippen molar-refractivity contribution in [2.45, 2.75) is 13.5 Å². The van der Waals surface area contributed by atoms with Crippen LogP contribution in [0.15, 0.2) is 30.5 Å². The summed E-state index contributed by atoms with van der Waals surface area (Å²) in [4.78, 5) is 0. The van der Waals surface area contributed by atoms with E-state index >= 15 is 0 Å². The summed E-state index contributed by atoms with van der Waals surface area (Å²) in [5.41, 5.74) is 2.12. The Morgan fingerprint density at radius 3 is 2.44 bits per heavy atom. The molecule has 5 nitrogen and oxygen atoms in total. The van der Waals surface area contributed by atoms with Crippen LogP contribution in [0.4, 0.5) is 0 Å². The first kappa shape index (κ1) is 12.7. The van der Waals surface area contributed by atoms with Crippen LogP contribution in [0.1, 0.15) is 11.1 Å². The Morgan fingerprint density at radius 1 is 1.28 bits per heavy atom. The predicted molar refractivity (Wildman–Crippen MR) is 68.9 cm³/mol. The zero-order valence-corrected chi connectivity index (χ0v) is 10.4. The van der Waals surface area contributed by atoms with E-state index in [0.29, 0.717) is 12.1 Å². The van der Waals surface area contributed by atoms with Crippen molar-refractivity contribution >= 4 is 12.7 Å². The number of nitrogens with zero attached hydrogens (tertiary/aromatic N) is 2. The Morgan fingerprint density at radius 2 is 1.94 bits per heavy atom. The first-order valence-electron chi connectivity index (χ1n) is 5.63. The maximum atomic E-state index is 9.12. The van der Waals surface area contributed by atoms with E-state index in [4.69, 9.17) is 14.8 Å². The van der Waals surface area contributed by atoms with Crippen LogP contribution in [-0.4, -0.2) is 34.1 Å². The summed E-state index contributed by atoms with van der Waals surface area (Å²) in [6.45, 7) is 2.38. The molecular weight excluding hydrogens is 231 g/mol. The van der Waals surface area contributed by atoms with Gasteiger partial charge in [0.2, 0.25) is 0 Å². The van der Waals surface area contributed by atoms with Gasteiger partial charge in [-0.1, -0.05) is 12.1 Å². The predicted octanol–water partition coefficient (Wildman–Crippen LogP) is -0.0718. The van der Waals surface area contributed by atoms with Gasteiger partial charge in [0.1, 0.15) is 5.75 Å². The zero-order valence-electron chi connectivity index (χ0n) is 10.4. The molecule has 0 aliphatic carbocycles. The van der Waals surface area contributed by atoms with Gasteiger partial charge in [0.25, 0.3) is 0 Å². The molecule has 6 heteroatoms. The number of aromatic nitrogens is 2. The lowest BCUT2D eigenvalue weighted by Crippen LogP contribution is -2.33. The van der Waals surface area contributed by atoms with Gasteiger partial charge >= 0.3 is 7.12 Å². The molecule has 0 atom stereocenters. The lowest BCUT2D eigenvalue weighted by atomic mass is 9.84. The van der Waals surface area contributed by atoms with Gasteiger partial charge in [-0.05, 0) is 30.2 Å². The minimum atomic E-state index is -1.53. The number of ether oxygens (including phenoxy) is 1. The molecule has 0 saturated heterocycles. The van der Waals surface area contributed by atoms with Crippen LogP contribution in [0.3, 0.4) is 0 Å². The summed E-state index contributed by atoms with van der Waals surface area (Å²) in [6.07, 6.45) is 1.79. The van der Waals surface area contributed by atoms with Crippen molar-refractivity contribution in [2.75, 3.05) is 7.11 Å². The van der Waals surface area contributed by atoms with Crippen LogP contribution in [0.25, 0.3) is 0 Å². The Bertz CT molecular complexity index is 523. The second-order valence-electron chi connectivity index (χ2n) is 4.12. The molecule has 0 amide bonds. The topological polar surface area (TPSA) is 67.5 Å². The van der Waals surface area contributed by atoms with E-state index < -0.39 is 7.12 Å². The van der Waals surface area contributed by atoms with E-state index in [-0.39, 0.29) is 0 Å². The third kappa shape index (κ3) is 2.72. The molecular formula is C12H15BN2O3. The first-order chi connectivity index (χ1) is 8.60. The van der Waals surface area contributed by atoms with Crippen molar-refractivity contribution in [3.63, 3.8) is 0 Å². The summed E-state index contributed by atoms with van der Waals surface area (Å²) >= 11 is 0. The molecule has 0 aliphatic rings. The second-order valence-corrected chi connectivity index (χ2v) is 4.12. The highest BCUT2D eigenvalue weighted by atomic mass is 16.5. The van der Waals surface area contributed by atoms with Gasteiger partial charge in [0.05, 0.1) is 19.2 Å². The van der Waals surface area contributed by atoms with Crippen molar-refractivity contribution < 1.29 is 14.8 Å². The lowest BCUT2D eigenvalue weighted by molar-refractivity contribution is 0.414. The minimum Gasteiger partial charge on any atom is -0.497 e. The first-order valence-corrected chi connectivity index (χ1v) is 5.63. The van der Waals surface area contributed by atoms with Crippen LogP contribution in [0.5, 0.6) is 5.75 Å². The number of hydrogen-bond donors (Lipinski definition) is 2. The van der Waals surface area contributed by atoms with Crippen LogP contribution in [0.2, 0.25) is 0 Å². The average molecular weight is 246 g/mol. The Kier molecular flexibility index (Phi) is 3.69. The van der Waals surface area contributed by atoms with E-state index in [1.54, 1.807) is 24.9 Å². The molecule has 1 aromatic heterocycles. The molecule has 1 aromatic carbocycles. The number of methoxy groups -OCH3 is 1. The van der Waals surface area contributed by atoms with Gasteiger partial charge in [-0.3, -0.25) is 4.68 Å². The van der Waals surface area contributed by atoms with Crippen molar-refractivity contribution in [2.24, 2.45) is 0 Å². The Balaban J connectivity index is 2.15. The fourth-order valence-corrected chi connectivity index (χ4v) is 1.79. The minimum absolute atomic E-state index is 0.295. The van der Waals surface area contributed by atoms with E-state index in [1.165, 1.54) is 0 Å². The van der Waals surface area contributed by atoms with E-state index in [2.05, 4.69) is 5.10 Å². The lowest BCUT2D eigenvalue weighted by Gasteiger charge is -2.03. The third-order valence-electron chi connectivity index (χ3n) is 2.73.